The summed E-state index contributed by atoms with van der Waals surface area (Å²) in [5.74, 6) is 1.49. The number of anilines is 1. The number of nitrogens with one attached hydrogen (secondary N) is 1. The van der Waals surface area contributed by atoms with Gasteiger partial charge in [0, 0.05) is 6.04 Å². The highest BCUT2D eigenvalue weighted by atomic mass is 32.2. The minimum absolute atomic E-state index is 0.0769. The van der Waals surface area contributed by atoms with Crippen molar-refractivity contribution in [2.24, 2.45) is 0 Å². The van der Waals surface area contributed by atoms with Crippen molar-refractivity contribution >= 4 is 23.4 Å². The first-order valence-corrected chi connectivity index (χ1v) is 8.91. The predicted octanol–water partition coefficient (Wildman–Crippen LogP) is 3.36. The SMILES string of the molecule is COc1ccc(C)cc1NC(=O)[C@H](C)Sc1nnc(C)n1C1CC1. The molecule has 6 nitrogen and oxygen atoms in total. The van der Waals surface area contributed by atoms with E-state index in [1.54, 1.807) is 7.11 Å². The number of carbonyl (C=O) groups is 1. The molecule has 0 aliphatic heterocycles. The second-order valence-electron chi connectivity index (χ2n) is 6.08. The number of hydrogen-bond acceptors (Lipinski definition) is 5. The second kappa shape index (κ2) is 6.84. The number of thioether (sulfide) groups is 1. The van der Waals surface area contributed by atoms with Gasteiger partial charge in [-0.3, -0.25) is 4.79 Å². The Morgan fingerprint density at radius 1 is 1.38 bits per heavy atom. The topological polar surface area (TPSA) is 69.0 Å². The highest BCUT2D eigenvalue weighted by molar-refractivity contribution is 8.00. The number of ether oxygens (including phenoxy) is 1. The fourth-order valence-electron chi connectivity index (χ4n) is 2.55. The number of methoxy groups -OCH3 is 1. The average molecular weight is 346 g/mol. The Kier molecular flexibility index (Phi) is 4.80. The van der Waals surface area contributed by atoms with Crippen LogP contribution in [0.5, 0.6) is 5.75 Å². The Morgan fingerprint density at radius 3 is 2.79 bits per heavy atom. The molecule has 1 aromatic carbocycles. The molecule has 0 radical (unpaired) electrons. The van der Waals surface area contributed by atoms with Gasteiger partial charge >= 0.3 is 0 Å². The molecule has 1 atom stereocenters. The molecule has 1 heterocycles. The summed E-state index contributed by atoms with van der Waals surface area (Å²) in [7, 11) is 1.60. The van der Waals surface area contributed by atoms with Gasteiger partial charge in [-0.1, -0.05) is 17.8 Å². The van der Waals surface area contributed by atoms with E-state index < -0.39 is 0 Å². The zero-order chi connectivity index (χ0) is 17.3. The fraction of sp³-hybridized carbons (Fsp3) is 0.471. The summed E-state index contributed by atoms with van der Waals surface area (Å²) in [4.78, 5) is 12.6. The third kappa shape index (κ3) is 3.56. The lowest BCUT2D eigenvalue weighted by atomic mass is 10.2. The third-order valence-corrected chi connectivity index (χ3v) is 5.07. The van der Waals surface area contributed by atoms with Crippen molar-refractivity contribution in [3.8, 4) is 5.75 Å². The van der Waals surface area contributed by atoms with Crippen molar-refractivity contribution in [3.05, 3.63) is 29.6 Å². The minimum atomic E-state index is -0.281. The number of carbonyl (C=O) groups excluding carboxylic acids is 1. The van der Waals surface area contributed by atoms with Crippen LogP contribution in [0, 0.1) is 13.8 Å². The minimum Gasteiger partial charge on any atom is -0.495 e. The van der Waals surface area contributed by atoms with Crippen molar-refractivity contribution < 1.29 is 9.53 Å². The molecule has 1 saturated carbocycles. The number of aryl methyl sites for hydroxylation is 2. The maximum absolute atomic E-state index is 12.6. The summed E-state index contributed by atoms with van der Waals surface area (Å²) in [5.41, 5.74) is 1.75. The maximum Gasteiger partial charge on any atom is 0.237 e. The van der Waals surface area contributed by atoms with Gasteiger partial charge in [0.2, 0.25) is 5.91 Å². The molecule has 2 aromatic rings. The van der Waals surface area contributed by atoms with Crippen molar-refractivity contribution in [2.75, 3.05) is 12.4 Å². The van der Waals surface area contributed by atoms with Crippen LogP contribution in [0.3, 0.4) is 0 Å². The Labute approximate surface area is 146 Å². The van der Waals surface area contributed by atoms with Gasteiger partial charge in [-0.05, 0) is 51.3 Å². The van der Waals surface area contributed by atoms with Gasteiger partial charge in [0.1, 0.15) is 11.6 Å². The first-order chi connectivity index (χ1) is 11.5. The van der Waals surface area contributed by atoms with Gasteiger partial charge in [0.05, 0.1) is 18.0 Å². The number of benzene rings is 1. The van der Waals surface area contributed by atoms with Crippen LogP contribution >= 0.6 is 11.8 Å². The molecule has 1 aliphatic carbocycles. The molecule has 0 spiro atoms. The van der Waals surface area contributed by atoms with E-state index in [1.165, 1.54) is 11.8 Å². The fourth-order valence-corrected chi connectivity index (χ4v) is 3.51. The molecule has 7 heteroatoms. The number of amides is 1. The largest absolute Gasteiger partial charge is 0.495 e. The molecule has 1 fully saturated rings. The second-order valence-corrected chi connectivity index (χ2v) is 7.39. The highest BCUT2D eigenvalue weighted by Crippen LogP contribution is 2.39. The van der Waals surface area contributed by atoms with Crippen LogP contribution in [-0.4, -0.2) is 33.0 Å². The van der Waals surface area contributed by atoms with Crippen molar-refractivity contribution in [2.45, 2.75) is 50.1 Å². The Bertz CT molecular complexity index is 755. The molecule has 0 bridgehead atoms. The van der Waals surface area contributed by atoms with Gasteiger partial charge in [0.15, 0.2) is 5.16 Å². The van der Waals surface area contributed by atoms with Gasteiger partial charge in [-0.25, -0.2) is 0 Å². The Balaban J connectivity index is 1.70. The first-order valence-electron chi connectivity index (χ1n) is 8.03. The van der Waals surface area contributed by atoms with E-state index in [9.17, 15) is 4.79 Å². The molecule has 1 aliphatic rings. The normalized spacial score (nSPS) is 15.2. The van der Waals surface area contributed by atoms with Gasteiger partial charge in [-0.2, -0.15) is 0 Å². The van der Waals surface area contributed by atoms with Crippen molar-refractivity contribution in [1.82, 2.24) is 14.8 Å². The molecule has 1 aromatic heterocycles. The Hall–Kier alpha value is -2.02. The van der Waals surface area contributed by atoms with E-state index in [0.717, 1.165) is 29.4 Å². The molecule has 1 N–H and O–H groups in total. The van der Waals surface area contributed by atoms with Crippen LogP contribution in [-0.2, 0) is 4.79 Å². The predicted molar refractivity (Wildman–Crippen MR) is 94.7 cm³/mol. The third-order valence-electron chi connectivity index (χ3n) is 4.01. The molecular weight excluding hydrogens is 324 g/mol. The van der Waals surface area contributed by atoms with Crippen molar-refractivity contribution in [3.63, 3.8) is 0 Å². The zero-order valence-corrected chi connectivity index (χ0v) is 15.2. The summed E-state index contributed by atoms with van der Waals surface area (Å²) in [5, 5.41) is 11.9. The van der Waals surface area contributed by atoms with E-state index in [-0.39, 0.29) is 11.2 Å². The summed E-state index contributed by atoms with van der Waals surface area (Å²) < 4.78 is 7.45. The quantitative estimate of drug-likeness (QED) is 0.812. The van der Waals surface area contributed by atoms with Gasteiger partial charge < -0.3 is 14.6 Å². The summed E-state index contributed by atoms with van der Waals surface area (Å²) in [6, 6.07) is 6.21. The van der Waals surface area contributed by atoms with E-state index in [2.05, 4.69) is 20.1 Å². The van der Waals surface area contributed by atoms with Gasteiger partial charge in [0.25, 0.3) is 0 Å². The molecule has 3 rings (SSSR count). The zero-order valence-electron chi connectivity index (χ0n) is 14.4. The maximum atomic E-state index is 12.6. The van der Waals surface area contributed by atoms with Crippen LogP contribution in [0.4, 0.5) is 5.69 Å². The van der Waals surface area contributed by atoms with Crippen LogP contribution < -0.4 is 10.1 Å². The molecule has 24 heavy (non-hydrogen) atoms. The van der Waals surface area contributed by atoms with Gasteiger partial charge in [-0.15, -0.1) is 10.2 Å². The lowest BCUT2D eigenvalue weighted by Crippen LogP contribution is -2.23. The number of nitrogens with zero attached hydrogens (tertiary/aromatic N) is 3. The first kappa shape index (κ1) is 16.8. The van der Waals surface area contributed by atoms with Crippen LogP contribution in [0.25, 0.3) is 0 Å². The molecule has 1 amide bonds. The Morgan fingerprint density at radius 2 is 2.12 bits per heavy atom. The van der Waals surface area contributed by atoms with Crippen LogP contribution in [0.15, 0.2) is 23.4 Å². The standard InChI is InChI=1S/C17H22N4O2S/c1-10-5-8-15(23-4)14(9-10)18-16(22)11(2)24-17-20-19-12(3)21(17)13-6-7-13/h5,8-9,11,13H,6-7H2,1-4H3,(H,18,22)/t11-/m0/s1. The highest BCUT2D eigenvalue weighted by Gasteiger charge is 2.30. The van der Waals surface area contributed by atoms with Crippen LogP contribution in [0.2, 0.25) is 0 Å². The van der Waals surface area contributed by atoms with E-state index in [0.29, 0.717) is 17.5 Å². The smallest absolute Gasteiger partial charge is 0.237 e. The average Bonchev–Trinajstić information content (AvgIpc) is 3.32. The molecule has 0 unspecified atom stereocenters. The molecule has 128 valence electrons. The number of rotatable bonds is 6. The van der Waals surface area contributed by atoms with E-state index in [1.807, 2.05) is 39.0 Å². The summed E-state index contributed by atoms with van der Waals surface area (Å²) in [6.45, 7) is 5.81. The van der Waals surface area contributed by atoms with Crippen LogP contribution in [0.1, 0.15) is 37.2 Å². The number of aromatic nitrogens is 3. The van der Waals surface area contributed by atoms with E-state index >= 15 is 0 Å². The monoisotopic (exact) mass is 346 g/mol. The lowest BCUT2D eigenvalue weighted by molar-refractivity contribution is -0.115. The van der Waals surface area contributed by atoms with E-state index in [4.69, 9.17) is 4.74 Å². The summed E-state index contributed by atoms with van der Waals surface area (Å²) in [6.07, 6.45) is 2.32. The lowest BCUT2D eigenvalue weighted by Gasteiger charge is -2.15. The number of hydrogen-bond donors (Lipinski definition) is 1. The van der Waals surface area contributed by atoms with Crippen molar-refractivity contribution in [1.29, 1.82) is 0 Å². The molecule has 0 saturated heterocycles. The summed E-state index contributed by atoms with van der Waals surface area (Å²) >= 11 is 1.44. The molecular formula is C17H22N4O2S.